The Kier molecular flexibility index (Phi) is 19.8. The Morgan fingerprint density at radius 3 is 0.880 bits per heavy atom. The molecule has 0 spiro atoms. The maximum absolute atomic E-state index is 11.8. The van der Waals surface area contributed by atoms with Crippen LogP contribution in [-0.4, -0.2) is 174 Å². The second-order valence-electron chi connectivity index (χ2n) is 11.5. The van der Waals surface area contributed by atoms with Gasteiger partial charge in [-0.25, -0.2) is 0 Å². The van der Waals surface area contributed by atoms with Gasteiger partial charge in [-0.05, 0) is 0 Å². The van der Waals surface area contributed by atoms with Gasteiger partial charge in [0.05, 0.1) is 0 Å². The van der Waals surface area contributed by atoms with Crippen molar-refractivity contribution < 1.29 is 43.2 Å². The Morgan fingerprint density at radius 1 is 0.440 bits per heavy atom. The van der Waals surface area contributed by atoms with Gasteiger partial charge in [-0.15, -0.1) is 34.8 Å². The van der Waals surface area contributed by atoms with E-state index in [1.54, 1.807) is 0 Å². The molecule has 0 aliphatic carbocycles. The van der Waals surface area contributed by atoms with Crippen LogP contribution in [0.1, 0.15) is 38.5 Å². The fraction of sp³-hybridized carbons (Fsp3) is 0.700. The first-order chi connectivity index (χ1) is 23.9. The van der Waals surface area contributed by atoms with Crippen LogP contribution in [0.25, 0.3) is 0 Å². The van der Waals surface area contributed by atoms with Gasteiger partial charge in [-0.2, -0.15) is 0 Å². The van der Waals surface area contributed by atoms with Crippen LogP contribution in [0, 0.1) is 0 Å². The van der Waals surface area contributed by atoms with E-state index in [0.717, 1.165) is 0 Å². The van der Waals surface area contributed by atoms with Gasteiger partial charge in [0.15, 0.2) is 0 Å². The molecular formula is C30H45Cl3N8O9. The van der Waals surface area contributed by atoms with Crippen LogP contribution < -0.4 is 16.0 Å². The van der Waals surface area contributed by atoms with E-state index < -0.39 is 0 Å². The zero-order valence-electron chi connectivity index (χ0n) is 27.9. The molecule has 0 aromatic heterocycles. The first-order valence-corrected chi connectivity index (χ1v) is 17.9. The number of nitrogens with zero attached hydrogens (tertiary/aromatic N) is 5. The van der Waals surface area contributed by atoms with Crippen molar-refractivity contribution in [2.75, 3.05) is 96.2 Å². The molecule has 0 aromatic carbocycles. The number of halogens is 3. The smallest absolute Gasteiger partial charge is 0.234 e. The van der Waals surface area contributed by atoms with Crippen molar-refractivity contribution in [3.8, 4) is 0 Å². The summed E-state index contributed by atoms with van der Waals surface area (Å²) in [7, 11) is 0. The van der Waals surface area contributed by atoms with Crippen LogP contribution in [0.4, 0.5) is 0 Å². The minimum Gasteiger partial charge on any atom is -0.354 e. The predicted molar refractivity (Wildman–Crippen MR) is 182 cm³/mol. The Bertz CT molecular complexity index is 1060. The van der Waals surface area contributed by atoms with Gasteiger partial charge in [0.2, 0.25) is 53.2 Å². The topological polar surface area (TPSA) is 206 Å². The maximum Gasteiger partial charge on any atom is 0.234 e. The lowest BCUT2D eigenvalue weighted by Crippen LogP contribution is -2.45. The predicted octanol–water partition coefficient (Wildman–Crippen LogP) is -1.91. The van der Waals surface area contributed by atoms with Gasteiger partial charge < -0.3 is 16.0 Å². The minimum atomic E-state index is -0.243. The van der Waals surface area contributed by atoms with E-state index in [1.165, 1.54) is 14.7 Å². The minimum absolute atomic E-state index is 0.0858. The zero-order valence-corrected chi connectivity index (χ0v) is 30.2. The molecule has 0 radical (unpaired) electrons. The second-order valence-corrected chi connectivity index (χ2v) is 12.3. The average Bonchev–Trinajstić information content (AvgIpc) is 3.73. The summed E-state index contributed by atoms with van der Waals surface area (Å²) in [6, 6.07) is 0. The van der Waals surface area contributed by atoms with E-state index in [2.05, 4.69) is 16.0 Å². The summed E-state index contributed by atoms with van der Waals surface area (Å²) >= 11 is 16.2. The molecule has 20 heteroatoms. The molecule has 3 rings (SSSR count). The van der Waals surface area contributed by atoms with Crippen molar-refractivity contribution in [2.24, 2.45) is 0 Å². The summed E-state index contributed by atoms with van der Waals surface area (Å²) in [6.07, 6.45) is 1.29. The molecule has 3 saturated heterocycles. The van der Waals surface area contributed by atoms with Gasteiger partial charge in [-0.1, -0.05) is 0 Å². The summed E-state index contributed by atoms with van der Waals surface area (Å²) in [5.41, 5.74) is 0. The molecule has 3 N–H and O–H groups in total. The van der Waals surface area contributed by atoms with Gasteiger partial charge in [0.25, 0.3) is 0 Å². The summed E-state index contributed by atoms with van der Waals surface area (Å²) < 4.78 is 0. The molecule has 3 aliphatic heterocycles. The number of amides is 9. The molecule has 3 fully saturated rings. The van der Waals surface area contributed by atoms with Crippen LogP contribution >= 0.6 is 34.8 Å². The number of nitrogens with one attached hydrogen (secondary N) is 3. The first-order valence-electron chi connectivity index (χ1n) is 16.3. The summed E-state index contributed by atoms with van der Waals surface area (Å²) in [5, 5.41) is 7.96. The number of alkyl halides is 3. The normalized spacial score (nSPS) is 16.1. The second kappa shape index (κ2) is 23.2. The number of hydrogen-bond donors (Lipinski definition) is 3. The van der Waals surface area contributed by atoms with Crippen LogP contribution in [0.15, 0.2) is 0 Å². The lowest BCUT2D eigenvalue weighted by molar-refractivity contribution is -0.139. The SMILES string of the molecule is O=C(CCl)NCCN(CCNC(=O)CCl)CCNC(=O)CCl.O=C1CCC(=O)N1CCN(CCN1C(=O)CCC1=O)CCN1C(=O)CCC1=O. The van der Waals surface area contributed by atoms with Crippen LogP contribution in [-0.2, 0) is 43.2 Å². The Balaban J connectivity index is 0.000000359. The van der Waals surface area contributed by atoms with Crippen LogP contribution in [0.2, 0.25) is 0 Å². The van der Waals surface area contributed by atoms with Gasteiger partial charge in [-0.3, -0.25) is 67.7 Å². The molecule has 0 atom stereocenters. The average molecular weight is 768 g/mol. The number of rotatable bonds is 21. The quantitative estimate of drug-likeness (QED) is 0.0868. The fourth-order valence-electron chi connectivity index (χ4n) is 5.21. The van der Waals surface area contributed by atoms with Crippen molar-refractivity contribution in [1.82, 2.24) is 40.4 Å². The molecule has 9 amide bonds. The molecule has 0 aromatic rings. The number of hydrogen-bond acceptors (Lipinski definition) is 11. The number of carbonyl (C=O) groups is 9. The summed E-state index contributed by atoms with van der Waals surface area (Å²) in [5.74, 6) is -2.24. The number of imide groups is 3. The van der Waals surface area contributed by atoms with E-state index in [1.807, 2.05) is 9.80 Å². The third kappa shape index (κ3) is 15.2. The van der Waals surface area contributed by atoms with E-state index in [0.29, 0.717) is 58.9 Å². The molecule has 17 nitrogen and oxygen atoms in total. The Labute approximate surface area is 305 Å². The highest BCUT2D eigenvalue weighted by Crippen LogP contribution is 2.14. The lowest BCUT2D eigenvalue weighted by Gasteiger charge is -2.28. The fourth-order valence-corrected chi connectivity index (χ4v) is 5.50. The lowest BCUT2D eigenvalue weighted by atomic mass is 10.3. The molecule has 50 heavy (non-hydrogen) atoms. The Morgan fingerprint density at radius 2 is 0.660 bits per heavy atom. The molecule has 0 saturated carbocycles. The highest BCUT2D eigenvalue weighted by atomic mass is 35.5. The number of carbonyl (C=O) groups excluding carboxylic acids is 9. The monoisotopic (exact) mass is 766 g/mol. The molecule has 3 aliphatic rings. The number of likely N-dealkylation sites (tertiary alicyclic amines) is 3. The maximum atomic E-state index is 11.8. The first kappa shape index (κ1) is 42.8. The summed E-state index contributed by atoms with van der Waals surface area (Å²) in [4.78, 5) is 111. The Hall–Kier alpha value is -3.38. The van der Waals surface area contributed by atoms with Crippen molar-refractivity contribution >= 4 is 88.0 Å². The standard InChI is InChI=1S/C18H24N4O6.C12H21Cl3N4O3/c23-13-1-2-14(24)20(13)10-7-19(8-11-21-15(25)3-4-16(21)26)9-12-22-17(27)5-6-18(22)28;13-7-10(20)16-1-4-19(5-2-17-11(21)8-14)6-3-18-12(22)9-15/h1-12H2;1-9H2,(H,16,20)(H,17,21)(H,18,22). The van der Waals surface area contributed by atoms with Crippen molar-refractivity contribution in [1.29, 1.82) is 0 Å². The highest BCUT2D eigenvalue weighted by Gasteiger charge is 2.32. The van der Waals surface area contributed by atoms with Crippen molar-refractivity contribution in [3.05, 3.63) is 0 Å². The molecule has 280 valence electrons. The van der Waals surface area contributed by atoms with Crippen LogP contribution in [0.5, 0.6) is 0 Å². The van der Waals surface area contributed by atoms with Crippen LogP contribution in [0.3, 0.4) is 0 Å². The van der Waals surface area contributed by atoms with E-state index >= 15 is 0 Å². The van der Waals surface area contributed by atoms with Gasteiger partial charge >= 0.3 is 0 Å². The van der Waals surface area contributed by atoms with Crippen molar-refractivity contribution in [2.45, 2.75) is 38.5 Å². The molecular weight excluding hydrogens is 723 g/mol. The largest absolute Gasteiger partial charge is 0.354 e. The van der Waals surface area contributed by atoms with E-state index in [4.69, 9.17) is 34.8 Å². The van der Waals surface area contributed by atoms with E-state index in [-0.39, 0.29) is 129 Å². The molecule has 3 heterocycles. The van der Waals surface area contributed by atoms with E-state index in [9.17, 15) is 43.2 Å². The third-order valence-corrected chi connectivity index (χ3v) is 8.73. The summed E-state index contributed by atoms with van der Waals surface area (Å²) in [6.45, 7) is 4.67. The zero-order chi connectivity index (χ0) is 37.1. The molecule has 0 bridgehead atoms. The van der Waals surface area contributed by atoms with Crippen molar-refractivity contribution in [3.63, 3.8) is 0 Å². The highest BCUT2D eigenvalue weighted by molar-refractivity contribution is 6.27. The van der Waals surface area contributed by atoms with Gasteiger partial charge in [0, 0.05) is 117 Å². The van der Waals surface area contributed by atoms with Gasteiger partial charge in [0.1, 0.15) is 17.6 Å². The third-order valence-electron chi connectivity index (χ3n) is 8.00. The molecule has 0 unspecified atom stereocenters.